The zero-order valence-corrected chi connectivity index (χ0v) is 14.1. The number of rotatable bonds is 7. The molecule has 0 bridgehead atoms. The van der Waals surface area contributed by atoms with E-state index in [0.29, 0.717) is 6.54 Å². The monoisotopic (exact) mass is 346 g/mol. The molecule has 0 radical (unpaired) electrons. The van der Waals surface area contributed by atoms with E-state index in [1.807, 2.05) is 0 Å². The van der Waals surface area contributed by atoms with Crippen LogP contribution in [-0.4, -0.2) is 25.0 Å². The lowest BCUT2D eigenvalue weighted by atomic mass is 10.0. The molecule has 2 rings (SSSR count). The highest BCUT2D eigenvalue weighted by Gasteiger charge is 2.14. The van der Waals surface area contributed by atoms with Crippen LogP contribution in [0.1, 0.15) is 23.6 Å². The van der Waals surface area contributed by atoms with E-state index in [1.165, 1.54) is 11.1 Å². The quantitative estimate of drug-likeness (QED) is 0.820. The first-order valence-corrected chi connectivity index (χ1v) is 8.19. The smallest absolute Gasteiger partial charge is 0.0467 e. The van der Waals surface area contributed by atoms with Gasteiger partial charge in [0, 0.05) is 17.1 Å². The average molecular weight is 347 g/mol. The molecular formula is C18H23BrN2. The van der Waals surface area contributed by atoms with Crippen LogP contribution in [0.2, 0.25) is 0 Å². The van der Waals surface area contributed by atoms with Crippen LogP contribution < -0.4 is 5.73 Å². The fourth-order valence-corrected chi connectivity index (χ4v) is 2.85. The third-order valence-corrected chi connectivity index (χ3v) is 4.36. The SMILES string of the molecule is CN(CCCc1ccccc1)C(CN)c1ccc(Br)cc1. The standard InChI is InChI=1S/C18H23BrN2/c1-21(13-5-8-15-6-3-2-4-7-15)18(14-20)16-9-11-17(19)12-10-16/h2-4,6-7,9-12,18H,5,8,13-14,20H2,1H3. The summed E-state index contributed by atoms with van der Waals surface area (Å²) < 4.78 is 1.11. The van der Waals surface area contributed by atoms with E-state index >= 15 is 0 Å². The van der Waals surface area contributed by atoms with Crippen molar-refractivity contribution in [1.29, 1.82) is 0 Å². The summed E-state index contributed by atoms with van der Waals surface area (Å²) in [5.74, 6) is 0. The Labute approximate surface area is 136 Å². The fourth-order valence-electron chi connectivity index (χ4n) is 2.59. The first-order chi connectivity index (χ1) is 10.2. The van der Waals surface area contributed by atoms with E-state index in [0.717, 1.165) is 23.9 Å². The van der Waals surface area contributed by atoms with Gasteiger partial charge in [0.15, 0.2) is 0 Å². The van der Waals surface area contributed by atoms with Gasteiger partial charge in [-0.25, -0.2) is 0 Å². The van der Waals surface area contributed by atoms with E-state index in [9.17, 15) is 0 Å². The van der Waals surface area contributed by atoms with Crippen LogP contribution in [0.5, 0.6) is 0 Å². The molecule has 112 valence electrons. The molecule has 0 aliphatic heterocycles. The molecule has 0 amide bonds. The molecule has 0 fully saturated rings. The Morgan fingerprint density at radius 3 is 2.33 bits per heavy atom. The Balaban J connectivity index is 1.88. The summed E-state index contributed by atoms with van der Waals surface area (Å²) in [5.41, 5.74) is 8.66. The molecule has 1 unspecified atom stereocenters. The van der Waals surface area contributed by atoms with Gasteiger partial charge in [-0.2, -0.15) is 0 Å². The predicted octanol–water partition coefficient (Wildman–Crippen LogP) is 4.01. The molecule has 2 aromatic carbocycles. The summed E-state index contributed by atoms with van der Waals surface area (Å²) in [7, 11) is 2.16. The number of hydrogen-bond donors (Lipinski definition) is 1. The van der Waals surface area contributed by atoms with Gasteiger partial charge in [0.05, 0.1) is 0 Å². The van der Waals surface area contributed by atoms with E-state index < -0.39 is 0 Å². The highest BCUT2D eigenvalue weighted by Crippen LogP contribution is 2.21. The minimum atomic E-state index is 0.286. The van der Waals surface area contributed by atoms with E-state index in [1.54, 1.807) is 0 Å². The highest BCUT2D eigenvalue weighted by atomic mass is 79.9. The summed E-state index contributed by atoms with van der Waals surface area (Å²) in [6, 6.07) is 19.4. The van der Waals surface area contributed by atoms with Gasteiger partial charge >= 0.3 is 0 Å². The van der Waals surface area contributed by atoms with Gasteiger partial charge in [-0.3, -0.25) is 4.90 Å². The Kier molecular flexibility index (Phi) is 6.43. The maximum absolute atomic E-state index is 5.97. The van der Waals surface area contributed by atoms with Crippen molar-refractivity contribution < 1.29 is 0 Å². The Morgan fingerprint density at radius 1 is 1.05 bits per heavy atom. The Morgan fingerprint density at radius 2 is 1.71 bits per heavy atom. The summed E-state index contributed by atoms with van der Waals surface area (Å²) in [6.45, 7) is 1.69. The highest BCUT2D eigenvalue weighted by molar-refractivity contribution is 9.10. The summed E-state index contributed by atoms with van der Waals surface area (Å²) in [4.78, 5) is 2.35. The largest absolute Gasteiger partial charge is 0.329 e. The average Bonchev–Trinajstić information content (AvgIpc) is 2.51. The van der Waals surface area contributed by atoms with Crippen LogP contribution in [0.4, 0.5) is 0 Å². The molecule has 0 aliphatic carbocycles. The Bertz CT molecular complexity index is 525. The molecule has 2 aromatic rings. The molecule has 2 nitrogen and oxygen atoms in total. The van der Waals surface area contributed by atoms with Crippen LogP contribution in [0.15, 0.2) is 59.1 Å². The second-order valence-corrected chi connectivity index (χ2v) is 6.29. The molecule has 0 aromatic heterocycles. The number of nitrogens with two attached hydrogens (primary N) is 1. The maximum atomic E-state index is 5.97. The predicted molar refractivity (Wildman–Crippen MR) is 93.3 cm³/mol. The molecule has 2 N–H and O–H groups in total. The minimum absolute atomic E-state index is 0.286. The zero-order chi connectivity index (χ0) is 15.1. The van der Waals surface area contributed by atoms with Crippen molar-refractivity contribution in [2.45, 2.75) is 18.9 Å². The van der Waals surface area contributed by atoms with Gasteiger partial charge < -0.3 is 5.73 Å². The number of likely N-dealkylation sites (N-methyl/N-ethyl adjacent to an activating group) is 1. The Hall–Kier alpha value is -1.16. The minimum Gasteiger partial charge on any atom is -0.329 e. The third kappa shape index (κ3) is 4.95. The topological polar surface area (TPSA) is 29.3 Å². The molecule has 1 atom stereocenters. The second-order valence-electron chi connectivity index (χ2n) is 5.37. The van der Waals surface area contributed by atoms with Crippen LogP contribution in [0.3, 0.4) is 0 Å². The van der Waals surface area contributed by atoms with Crippen LogP contribution >= 0.6 is 15.9 Å². The van der Waals surface area contributed by atoms with Crippen molar-refractivity contribution in [2.75, 3.05) is 20.1 Å². The molecule has 0 saturated carbocycles. The molecule has 0 spiro atoms. The number of aryl methyl sites for hydroxylation is 1. The van der Waals surface area contributed by atoms with Crippen molar-refractivity contribution in [1.82, 2.24) is 4.90 Å². The van der Waals surface area contributed by atoms with Crippen molar-refractivity contribution in [3.05, 3.63) is 70.2 Å². The normalized spacial score (nSPS) is 12.6. The van der Waals surface area contributed by atoms with E-state index in [-0.39, 0.29) is 6.04 Å². The van der Waals surface area contributed by atoms with Crippen LogP contribution in [0, 0.1) is 0 Å². The zero-order valence-electron chi connectivity index (χ0n) is 12.5. The number of nitrogens with zero attached hydrogens (tertiary/aromatic N) is 1. The molecular weight excluding hydrogens is 324 g/mol. The van der Waals surface area contributed by atoms with Gasteiger partial charge in [-0.15, -0.1) is 0 Å². The van der Waals surface area contributed by atoms with Crippen molar-refractivity contribution >= 4 is 15.9 Å². The van der Waals surface area contributed by atoms with Crippen LogP contribution in [-0.2, 0) is 6.42 Å². The lowest BCUT2D eigenvalue weighted by molar-refractivity contribution is 0.247. The number of hydrogen-bond acceptors (Lipinski definition) is 2. The second kappa shape index (κ2) is 8.32. The summed E-state index contributed by atoms with van der Waals surface area (Å²) >= 11 is 3.48. The maximum Gasteiger partial charge on any atom is 0.0467 e. The molecule has 3 heteroatoms. The van der Waals surface area contributed by atoms with E-state index in [4.69, 9.17) is 5.73 Å². The molecule has 0 heterocycles. The van der Waals surface area contributed by atoms with Crippen molar-refractivity contribution in [3.63, 3.8) is 0 Å². The lowest BCUT2D eigenvalue weighted by Crippen LogP contribution is -2.31. The van der Waals surface area contributed by atoms with E-state index in [2.05, 4.69) is 82.5 Å². The molecule has 21 heavy (non-hydrogen) atoms. The molecule has 0 aliphatic rings. The van der Waals surface area contributed by atoms with Gasteiger partial charge in [0.25, 0.3) is 0 Å². The van der Waals surface area contributed by atoms with Gasteiger partial charge in [-0.1, -0.05) is 58.4 Å². The first-order valence-electron chi connectivity index (χ1n) is 7.40. The lowest BCUT2D eigenvalue weighted by Gasteiger charge is -2.27. The summed E-state index contributed by atoms with van der Waals surface area (Å²) in [6.07, 6.45) is 2.26. The van der Waals surface area contributed by atoms with Gasteiger partial charge in [0.1, 0.15) is 0 Å². The van der Waals surface area contributed by atoms with Crippen molar-refractivity contribution in [2.24, 2.45) is 5.73 Å². The van der Waals surface area contributed by atoms with Crippen molar-refractivity contribution in [3.8, 4) is 0 Å². The first kappa shape index (κ1) is 16.2. The number of halogens is 1. The van der Waals surface area contributed by atoms with Gasteiger partial charge in [0.2, 0.25) is 0 Å². The molecule has 0 saturated heterocycles. The third-order valence-electron chi connectivity index (χ3n) is 3.83. The van der Waals surface area contributed by atoms with Crippen LogP contribution in [0.25, 0.3) is 0 Å². The number of benzene rings is 2. The summed E-state index contributed by atoms with van der Waals surface area (Å²) in [5, 5.41) is 0. The van der Waals surface area contributed by atoms with Gasteiger partial charge in [-0.05, 0) is 49.7 Å². The fraction of sp³-hybridized carbons (Fsp3) is 0.333.